The summed E-state index contributed by atoms with van der Waals surface area (Å²) < 4.78 is 52.1. The smallest absolute Gasteiger partial charge is 0.277 e. The van der Waals surface area contributed by atoms with E-state index in [0.717, 1.165) is 29.0 Å². The Morgan fingerprint density at radius 3 is 2.59 bits per heavy atom. The van der Waals surface area contributed by atoms with Gasteiger partial charge >= 0.3 is 0 Å². The number of carbonyl (C=O) groups is 1. The lowest BCUT2D eigenvalue weighted by molar-refractivity contribution is -0.119. The Labute approximate surface area is 185 Å². The van der Waals surface area contributed by atoms with Gasteiger partial charge in [-0.2, -0.15) is 0 Å². The van der Waals surface area contributed by atoms with Crippen LogP contribution in [0.1, 0.15) is 29.8 Å². The number of aromatic nitrogens is 1. The summed E-state index contributed by atoms with van der Waals surface area (Å²) in [4.78, 5) is 20.8. The summed E-state index contributed by atoms with van der Waals surface area (Å²) in [6.45, 7) is 1.84. The summed E-state index contributed by atoms with van der Waals surface area (Å²) in [5, 5.41) is 3.16. The van der Waals surface area contributed by atoms with E-state index in [1.165, 1.54) is 7.05 Å². The van der Waals surface area contributed by atoms with Crippen LogP contribution in [0.25, 0.3) is 0 Å². The average Bonchev–Trinajstić information content (AvgIpc) is 3.47. The predicted molar refractivity (Wildman–Crippen MR) is 120 cm³/mol. The highest BCUT2D eigenvalue weighted by molar-refractivity contribution is 7.92. The molecule has 2 heterocycles. The minimum atomic E-state index is -3.54. The van der Waals surface area contributed by atoms with E-state index >= 15 is 0 Å². The lowest BCUT2D eigenvalue weighted by Crippen LogP contribution is -2.25. The van der Waals surface area contributed by atoms with Gasteiger partial charge in [0.05, 0.1) is 40.4 Å². The molecule has 2 aromatic rings. The molecule has 0 amide bonds. The molecular formula is C22H24F2N4O3S. The van der Waals surface area contributed by atoms with E-state index in [-0.39, 0.29) is 35.9 Å². The molecule has 170 valence electrons. The van der Waals surface area contributed by atoms with Gasteiger partial charge in [0, 0.05) is 25.8 Å². The average molecular weight is 463 g/mol. The number of aliphatic imine (C=N–C) groups is 1. The normalized spacial score (nSPS) is 15.5. The van der Waals surface area contributed by atoms with Crippen molar-refractivity contribution in [2.45, 2.75) is 39.0 Å². The molecule has 1 saturated carbocycles. The fraction of sp³-hybridized carbons (Fsp3) is 0.409. The van der Waals surface area contributed by atoms with Crippen LogP contribution in [-0.2, 0) is 27.7 Å². The topological polar surface area (TPSA) is 91.7 Å². The number of nitrogens with one attached hydrogen (secondary N) is 1. The summed E-state index contributed by atoms with van der Waals surface area (Å²) in [5.74, 6) is 0.144. The minimum Gasteiger partial charge on any atom is -0.352 e. The highest BCUT2D eigenvalue weighted by Crippen LogP contribution is 2.40. The Kier molecular flexibility index (Phi) is 5.74. The number of benzene rings is 1. The number of hydrogen-bond donors (Lipinski definition) is 1. The molecule has 0 spiro atoms. The van der Waals surface area contributed by atoms with E-state index in [0.29, 0.717) is 28.5 Å². The maximum atomic E-state index is 13.3. The van der Waals surface area contributed by atoms with Crippen molar-refractivity contribution in [2.24, 2.45) is 10.9 Å². The molecule has 2 aliphatic rings. The molecule has 10 heteroatoms. The van der Waals surface area contributed by atoms with Crippen LogP contribution in [0.15, 0.2) is 29.3 Å². The molecule has 1 aromatic carbocycles. The van der Waals surface area contributed by atoms with Crippen molar-refractivity contribution in [1.29, 1.82) is 0 Å². The first-order chi connectivity index (χ1) is 15.0. The number of halogens is 2. The second-order valence-electron chi connectivity index (χ2n) is 8.33. The van der Waals surface area contributed by atoms with Crippen LogP contribution in [-0.4, -0.2) is 44.6 Å². The van der Waals surface area contributed by atoms with Crippen LogP contribution >= 0.6 is 0 Å². The Balaban J connectivity index is 1.76. The highest BCUT2D eigenvalue weighted by Gasteiger charge is 2.31. The van der Waals surface area contributed by atoms with Crippen molar-refractivity contribution in [2.75, 3.05) is 22.9 Å². The SMILES string of the molecule is Cc1ccc(Nc2cc(CC(=O)C3CC3)nc3c2N=C(C(F)F)C3)c(N(C)S(C)(=O)=O)c1. The van der Waals surface area contributed by atoms with Crippen LogP contribution in [0.2, 0.25) is 0 Å². The van der Waals surface area contributed by atoms with E-state index in [9.17, 15) is 22.0 Å². The zero-order valence-corrected chi connectivity index (χ0v) is 18.8. The quantitative estimate of drug-likeness (QED) is 0.642. The first-order valence-corrected chi connectivity index (χ1v) is 12.1. The van der Waals surface area contributed by atoms with Crippen molar-refractivity contribution in [1.82, 2.24) is 4.98 Å². The minimum absolute atomic E-state index is 0.0569. The molecule has 0 saturated heterocycles. The molecule has 1 aliphatic carbocycles. The molecule has 0 bridgehead atoms. The molecule has 0 radical (unpaired) electrons. The molecule has 1 N–H and O–H groups in total. The second kappa shape index (κ2) is 8.23. The second-order valence-corrected chi connectivity index (χ2v) is 10.3. The van der Waals surface area contributed by atoms with Crippen molar-refractivity contribution in [3.05, 3.63) is 41.2 Å². The fourth-order valence-corrected chi connectivity index (χ4v) is 4.13. The summed E-state index contributed by atoms with van der Waals surface area (Å²) in [6.07, 6.45) is 0.178. The molecule has 7 nitrogen and oxygen atoms in total. The Bertz CT molecular complexity index is 1220. The third-order valence-electron chi connectivity index (χ3n) is 5.62. The molecule has 32 heavy (non-hydrogen) atoms. The first kappa shape index (κ1) is 22.3. The van der Waals surface area contributed by atoms with Gasteiger partial charge in [0.2, 0.25) is 10.0 Å². The van der Waals surface area contributed by atoms with E-state index in [1.807, 2.05) is 13.0 Å². The van der Waals surface area contributed by atoms with Crippen LogP contribution in [0.4, 0.5) is 31.5 Å². The van der Waals surface area contributed by atoms with E-state index in [1.54, 1.807) is 18.2 Å². The van der Waals surface area contributed by atoms with E-state index in [4.69, 9.17) is 0 Å². The zero-order chi connectivity index (χ0) is 23.2. The number of aryl methyl sites for hydroxylation is 1. The lowest BCUT2D eigenvalue weighted by Gasteiger charge is -2.22. The standard InChI is InChI=1S/C22H24F2N4O3S/c1-12-4-7-15(19(8-12)28(2)32(3,30)31)26-16-9-14(10-20(29)13-5-6-13)25-17-11-18(22(23)24)27-21(16)17/h4,7-9,13,22H,5-6,10-11H2,1-3H3,(H,25,26). The number of pyridine rings is 1. The van der Waals surface area contributed by atoms with Crippen molar-refractivity contribution in [3.8, 4) is 0 Å². The van der Waals surface area contributed by atoms with Crippen molar-refractivity contribution in [3.63, 3.8) is 0 Å². The van der Waals surface area contributed by atoms with Crippen LogP contribution < -0.4 is 9.62 Å². The van der Waals surface area contributed by atoms with Gasteiger partial charge < -0.3 is 5.32 Å². The fourth-order valence-electron chi connectivity index (χ4n) is 3.62. The Morgan fingerprint density at radius 2 is 1.97 bits per heavy atom. The number of fused-ring (bicyclic) bond motifs is 1. The number of Topliss-reactive ketones (excluding diaryl/α,β-unsaturated/α-hetero) is 1. The van der Waals surface area contributed by atoms with Gasteiger partial charge in [0.25, 0.3) is 6.43 Å². The largest absolute Gasteiger partial charge is 0.352 e. The number of carbonyl (C=O) groups excluding carboxylic acids is 1. The monoisotopic (exact) mass is 462 g/mol. The summed E-state index contributed by atoms with van der Waals surface area (Å²) >= 11 is 0. The van der Waals surface area contributed by atoms with Gasteiger partial charge in [-0.1, -0.05) is 6.07 Å². The van der Waals surface area contributed by atoms with Gasteiger partial charge in [0.1, 0.15) is 11.5 Å². The number of sulfonamides is 1. The van der Waals surface area contributed by atoms with Crippen LogP contribution in [0.3, 0.4) is 0 Å². The number of nitrogens with zero attached hydrogens (tertiary/aromatic N) is 3. The third kappa shape index (κ3) is 4.64. The van der Waals surface area contributed by atoms with Gasteiger partial charge in [0.15, 0.2) is 0 Å². The van der Waals surface area contributed by atoms with Gasteiger partial charge in [-0.05, 0) is 43.5 Å². The summed E-state index contributed by atoms with van der Waals surface area (Å²) in [5.41, 5.74) is 3.02. The van der Waals surface area contributed by atoms with Crippen molar-refractivity contribution >= 4 is 44.3 Å². The maximum Gasteiger partial charge on any atom is 0.277 e. The van der Waals surface area contributed by atoms with Gasteiger partial charge in [-0.25, -0.2) is 22.2 Å². The van der Waals surface area contributed by atoms with Gasteiger partial charge in [-0.3, -0.25) is 14.1 Å². The lowest BCUT2D eigenvalue weighted by atomic mass is 10.1. The molecule has 1 aliphatic heterocycles. The summed E-state index contributed by atoms with van der Waals surface area (Å²) in [7, 11) is -2.09. The number of hydrogen-bond acceptors (Lipinski definition) is 6. The molecular weight excluding hydrogens is 438 g/mol. The van der Waals surface area contributed by atoms with Crippen LogP contribution in [0, 0.1) is 12.8 Å². The third-order valence-corrected chi connectivity index (χ3v) is 6.81. The molecule has 1 fully saturated rings. The number of anilines is 3. The van der Waals surface area contributed by atoms with Crippen molar-refractivity contribution < 1.29 is 22.0 Å². The number of alkyl halides is 2. The summed E-state index contributed by atoms with van der Waals surface area (Å²) in [6, 6.07) is 6.90. The molecule has 4 rings (SSSR count). The maximum absolute atomic E-state index is 13.3. The Hall–Kier alpha value is -2.88. The molecule has 1 aromatic heterocycles. The van der Waals surface area contributed by atoms with E-state index < -0.39 is 16.4 Å². The van der Waals surface area contributed by atoms with Crippen LogP contribution in [0.5, 0.6) is 0 Å². The molecule has 0 atom stereocenters. The Morgan fingerprint density at radius 1 is 1.25 bits per heavy atom. The number of rotatable bonds is 8. The van der Waals surface area contributed by atoms with E-state index in [2.05, 4.69) is 15.3 Å². The van der Waals surface area contributed by atoms with Gasteiger partial charge in [-0.15, -0.1) is 0 Å². The number of ketones is 1. The first-order valence-electron chi connectivity index (χ1n) is 10.3. The molecule has 0 unspecified atom stereocenters. The zero-order valence-electron chi connectivity index (χ0n) is 18.0. The predicted octanol–water partition coefficient (Wildman–Crippen LogP) is 3.94. The highest BCUT2D eigenvalue weighted by atomic mass is 32.2.